The number of carbonyl (C=O) groups is 7. The van der Waals surface area contributed by atoms with E-state index in [0.717, 1.165) is 37.7 Å². The van der Waals surface area contributed by atoms with Gasteiger partial charge in [0.1, 0.15) is 6.04 Å². The Kier molecular flexibility index (Phi) is 20.0. The van der Waals surface area contributed by atoms with Crippen LogP contribution in [0.4, 0.5) is 0 Å². The molecule has 2 amide bonds. The Morgan fingerprint density at radius 2 is 1.59 bits per heavy atom. The first-order valence-corrected chi connectivity index (χ1v) is 22.4. The van der Waals surface area contributed by atoms with E-state index in [1.54, 1.807) is 41.3 Å². The van der Waals surface area contributed by atoms with Gasteiger partial charge in [0.05, 0.1) is 25.0 Å². The van der Waals surface area contributed by atoms with Crippen LogP contribution in [0, 0.1) is 34.5 Å². The number of nitrogens with one attached hydrogen (secondary N) is 1. The molecule has 1 saturated carbocycles. The molecule has 5 atom stereocenters. The standard InChI is InChI=1S/C51H72N2O8/c1-10-21-39(47(59)41(54)26-15-16-28-44(57)52-46(43(56)32-35(2)3)38-22-13-11-14-23-38)24-19-27-42(55)48-50(7,8)37(6)33-53(48)49(60)40(51(9)30-17-12-18-31-51)25-20-29-45(58)61-34-36(4)5/h11,13-15,19-20,22-23,25-27,32,36-37,39-40,46,48H,10,12,16-18,21,24,28-31,33-34H2,1-9H3,(H,52,57)/b25-20+,26-15+,27-19+/t37?,39?,40-,46?,48-/m1/s1. The molecule has 1 saturated heterocycles. The second kappa shape index (κ2) is 24.1. The molecular formula is C51H72N2O8. The van der Waals surface area contributed by atoms with Crippen molar-refractivity contribution in [2.24, 2.45) is 34.5 Å². The van der Waals surface area contributed by atoms with Crippen LogP contribution in [0.5, 0.6) is 0 Å². The molecule has 0 spiro atoms. The number of nitrogens with zero attached hydrogens (tertiary/aromatic N) is 1. The SMILES string of the molecule is CCCC(C/C=C/C(=O)[C@H]1N(C(=O)[C@@H](/C=C/CC(=O)OCC(C)C)C2(C)CCCCC2)CC(C)C1(C)C)C(=O)C(=O)/C=C/CCC(=O)NC(C(=O)C=C(C)C)c1ccccc1. The normalized spacial score (nSPS) is 20.1. The van der Waals surface area contributed by atoms with Gasteiger partial charge in [0.15, 0.2) is 11.6 Å². The fourth-order valence-electron chi connectivity index (χ4n) is 8.52. The monoisotopic (exact) mass is 841 g/mol. The van der Waals surface area contributed by atoms with E-state index in [2.05, 4.69) is 19.2 Å². The summed E-state index contributed by atoms with van der Waals surface area (Å²) in [6.45, 7) is 18.5. The average molecular weight is 841 g/mol. The molecule has 0 aromatic heterocycles. The van der Waals surface area contributed by atoms with E-state index in [9.17, 15) is 33.6 Å². The van der Waals surface area contributed by atoms with Crippen molar-refractivity contribution in [1.29, 1.82) is 0 Å². The van der Waals surface area contributed by atoms with Gasteiger partial charge >= 0.3 is 5.97 Å². The number of Topliss-reactive ketones (excluding diaryl/α,β-unsaturated/α-hetero) is 1. The van der Waals surface area contributed by atoms with E-state index in [4.69, 9.17) is 4.74 Å². The van der Waals surface area contributed by atoms with Gasteiger partial charge in [-0.3, -0.25) is 33.6 Å². The minimum atomic E-state index is -0.834. The van der Waals surface area contributed by atoms with Crippen molar-refractivity contribution in [3.63, 3.8) is 0 Å². The summed E-state index contributed by atoms with van der Waals surface area (Å²) in [5.41, 5.74) is 0.641. The summed E-state index contributed by atoms with van der Waals surface area (Å²) in [4.78, 5) is 95.2. The fourth-order valence-corrected chi connectivity index (χ4v) is 8.52. The topological polar surface area (TPSA) is 144 Å². The number of ketones is 4. The van der Waals surface area contributed by atoms with Crippen molar-refractivity contribution < 1.29 is 38.3 Å². The van der Waals surface area contributed by atoms with E-state index >= 15 is 0 Å². The number of esters is 1. The summed E-state index contributed by atoms with van der Waals surface area (Å²) in [6, 6.07) is 7.44. The molecule has 1 heterocycles. The number of amides is 2. The third kappa shape index (κ3) is 15.0. The third-order valence-electron chi connectivity index (χ3n) is 12.4. The Morgan fingerprint density at radius 3 is 2.21 bits per heavy atom. The van der Waals surface area contributed by atoms with Crippen LogP contribution in [0.15, 0.2) is 78.4 Å². The summed E-state index contributed by atoms with van der Waals surface area (Å²) in [5, 5.41) is 2.80. The van der Waals surface area contributed by atoms with Crippen LogP contribution >= 0.6 is 0 Å². The van der Waals surface area contributed by atoms with E-state index in [-0.39, 0.29) is 72.3 Å². The molecule has 0 radical (unpaired) electrons. The van der Waals surface area contributed by atoms with Gasteiger partial charge in [-0.15, -0.1) is 0 Å². The Bertz CT molecular complexity index is 1810. The first kappa shape index (κ1) is 50.6. The Balaban J connectivity index is 1.69. The summed E-state index contributed by atoms with van der Waals surface area (Å²) >= 11 is 0. The van der Waals surface area contributed by atoms with E-state index < -0.39 is 40.9 Å². The molecule has 2 fully saturated rings. The zero-order valence-electron chi connectivity index (χ0n) is 38.3. The lowest BCUT2D eigenvalue weighted by atomic mass is 9.66. The van der Waals surface area contributed by atoms with Gasteiger partial charge in [0, 0.05) is 18.9 Å². The molecule has 3 unspecified atom stereocenters. The molecule has 10 nitrogen and oxygen atoms in total. The lowest BCUT2D eigenvalue weighted by molar-refractivity contribution is -0.144. The van der Waals surface area contributed by atoms with Gasteiger partial charge in [0.25, 0.3) is 0 Å². The van der Waals surface area contributed by atoms with Crippen molar-refractivity contribution >= 4 is 40.9 Å². The average Bonchev–Trinajstić information content (AvgIpc) is 3.45. The van der Waals surface area contributed by atoms with Crippen LogP contribution in [0.2, 0.25) is 0 Å². The minimum absolute atomic E-state index is 0.0195. The highest BCUT2D eigenvalue weighted by Gasteiger charge is 2.53. The number of likely N-dealkylation sites (tertiary alicyclic amines) is 1. The summed E-state index contributed by atoms with van der Waals surface area (Å²) in [6.07, 6.45) is 17.4. The summed E-state index contributed by atoms with van der Waals surface area (Å²) in [7, 11) is 0. The second-order valence-corrected chi connectivity index (χ2v) is 18.7. The molecule has 0 bridgehead atoms. The van der Waals surface area contributed by atoms with Crippen molar-refractivity contribution in [3.05, 3.63) is 84.0 Å². The fraction of sp³-hybridized carbons (Fsp3) is 0.588. The Labute approximate surface area is 365 Å². The maximum absolute atomic E-state index is 14.7. The minimum Gasteiger partial charge on any atom is -0.465 e. The summed E-state index contributed by atoms with van der Waals surface area (Å²) < 4.78 is 5.37. The van der Waals surface area contributed by atoms with E-state index in [1.807, 2.05) is 60.6 Å². The van der Waals surface area contributed by atoms with Crippen LogP contribution < -0.4 is 5.32 Å². The first-order valence-electron chi connectivity index (χ1n) is 22.4. The van der Waals surface area contributed by atoms with Gasteiger partial charge in [-0.2, -0.15) is 0 Å². The van der Waals surface area contributed by atoms with E-state index in [0.29, 0.717) is 31.6 Å². The largest absolute Gasteiger partial charge is 0.465 e. The number of carbonyl (C=O) groups excluding carboxylic acids is 7. The number of hydrogen-bond acceptors (Lipinski definition) is 8. The maximum atomic E-state index is 14.7. The van der Waals surface area contributed by atoms with E-state index in [1.165, 1.54) is 24.3 Å². The molecular weight excluding hydrogens is 769 g/mol. The molecule has 2 aliphatic rings. The Hall–Kier alpha value is -4.73. The third-order valence-corrected chi connectivity index (χ3v) is 12.4. The molecule has 1 aliphatic carbocycles. The van der Waals surface area contributed by atoms with Crippen molar-refractivity contribution in [3.8, 4) is 0 Å². The lowest BCUT2D eigenvalue weighted by Gasteiger charge is -2.41. The first-order chi connectivity index (χ1) is 28.8. The van der Waals surface area contributed by atoms with Crippen LogP contribution in [-0.2, 0) is 38.3 Å². The number of hydrogen-bond donors (Lipinski definition) is 1. The van der Waals surface area contributed by atoms with Crippen LogP contribution in [0.1, 0.15) is 145 Å². The highest BCUT2D eigenvalue weighted by atomic mass is 16.5. The van der Waals surface area contributed by atoms with Gasteiger partial charge in [0.2, 0.25) is 23.4 Å². The zero-order chi connectivity index (χ0) is 45.3. The van der Waals surface area contributed by atoms with Crippen molar-refractivity contribution in [2.45, 2.75) is 145 Å². The van der Waals surface area contributed by atoms with Crippen LogP contribution in [0.25, 0.3) is 0 Å². The highest BCUT2D eigenvalue weighted by molar-refractivity contribution is 6.42. The molecule has 3 rings (SSSR count). The second-order valence-electron chi connectivity index (χ2n) is 18.7. The van der Waals surface area contributed by atoms with Gasteiger partial charge in [-0.05, 0) is 92.4 Å². The number of benzene rings is 1. The molecule has 334 valence electrons. The zero-order valence-corrected chi connectivity index (χ0v) is 38.3. The lowest BCUT2D eigenvalue weighted by Crippen LogP contribution is -2.50. The quantitative estimate of drug-likeness (QED) is 0.0497. The predicted octanol–water partition coefficient (Wildman–Crippen LogP) is 9.39. The number of ether oxygens (including phenoxy) is 1. The maximum Gasteiger partial charge on any atom is 0.309 e. The number of allylic oxidation sites excluding steroid dienone is 4. The smallest absolute Gasteiger partial charge is 0.309 e. The van der Waals surface area contributed by atoms with Crippen molar-refractivity contribution in [1.82, 2.24) is 10.2 Å². The molecule has 1 aromatic rings. The van der Waals surface area contributed by atoms with Crippen LogP contribution in [-0.4, -0.2) is 65.0 Å². The molecule has 61 heavy (non-hydrogen) atoms. The Morgan fingerprint density at radius 1 is 0.918 bits per heavy atom. The number of rotatable bonds is 23. The summed E-state index contributed by atoms with van der Waals surface area (Å²) in [5.74, 6) is -3.38. The van der Waals surface area contributed by atoms with Gasteiger partial charge in [-0.25, -0.2) is 0 Å². The van der Waals surface area contributed by atoms with Crippen molar-refractivity contribution in [2.75, 3.05) is 13.2 Å². The molecule has 1 aromatic carbocycles. The highest BCUT2D eigenvalue weighted by Crippen LogP contribution is 2.47. The van der Waals surface area contributed by atoms with Crippen LogP contribution in [0.3, 0.4) is 0 Å². The molecule has 1 aliphatic heterocycles. The molecule has 1 N–H and O–H groups in total. The van der Waals surface area contributed by atoms with Gasteiger partial charge in [-0.1, -0.05) is 134 Å². The molecule has 10 heteroatoms. The predicted molar refractivity (Wildman–Crippen MR) is 240 cm³/mol. The van der Waals surface area contributed by atoms with Gasteiger partial charge < -0.3 is 15.0 Å².